The number of hydrogen-bond donors (Lipinski definition) is 5. The number of carbonyl (C=O) groups is 1. The van der Waals surface area contributed by atoms with Crippen molar-refractivity contribution in [3.8, 4) is 0 Å². The predicted octanol–water partition coefficient (Wildman–Crippen LogP) is 4.49. The largest absolute Gasteiger partial charge is 0.393 e. The first-order valence-corrected chi connectivity index (χ1v) is 18.0. The molecule has 0 aliphatic carbocycles. The summed E-state index contributed by atoms with van der Waals surface area (Å²) in [6, 6.07) is 13.0. The molecule has 1 amide bonds. The lowest BCUT2D eigenvalue weighted by Gasteiger charge is -2.48. The first-order chi connectivity index (χ1) is 22.3. The van der Waals surface area contributed by atoms with Crippen molar-refractivity contribution in [2.75, 3.05) is 30.9 Å². The summed E-state index contributed by atoms with van der Waals surface area (Å²) in [6.07, 6.45) is 10.5. The van der Waals surface area contributed by atoms with Gasteiger partial charge in [-0.3, -0.25) is 4.79 Å². The molecule has 2 aromatic rings. The highest BCUT2D eigenvalue weighted by Crippen LogP contribution is 2.40. The van der Waals surface area contributed by atoms with Crippen LogP contribution in [0.1, 0.15) is 69.1 Å². The highest BCUT2D eigenvalue weighted by atomic mass is 32.2. The number of benzene rings is 2. The fourth-order valence-electron chi connectivity index (χ4n) is 5.73. The summed E-state index contributed by atoms with van der Waals surface area (Å²) in [4.78, 5) is 15.3. The van der Waals surface area contributed by atoms with Crippen LogP contribution in [0.2, 0.25) is 0 Å². The first-order valence-electron chi connectivity index (χ1n) is 16.1. The average Bonchev–Trinajstić information content (AvgIpc) is 3.05. The van der Waals surface area contributed by atoms with E-state index in [1.165, 1.54) is 12.1 Å². The van der Waals surface area contributed by atoms with Crippen molar-refractivity contribution in [2.45, 2.75) is 76.0 Å². The quantitative estimate of drug-likeness (QED) is 0.0792. The van der Waals surface area contributed by atoms with Crippen molar-refractivity contribution >= 4 is 21.6 Å². The Morgan fingerprint density at radius 1 is 1.06 bits per heavy atom. The molecule has 3 rings (SSSR count). The lowest BCUT2D eigenvalue weighted by molar-refractivity contribution is -0.129. The van der Waals surface area contributed by atoms with E-state index in [1.807, 2.05) is 49.4 Å². The third-order valence-electron chi connectivity index (χ3n) is 8.65. The third kappa shape index (κ3) is 11.5. The molecule has 47 heavy (non-hydrogen) atoms. The minimum Gasteiger partial charge on any atom is -0.393 e. The number of amides is 1. The molecule has 1 heterocycles. The molecule has 0 aromatic heterocycles. The number of halogens is 1. The molecule has 3 atom stereocenters. The van der Waals surface area contributed by atoms with Crippen LogP contribution in [-0.2, 0) is 21.2 Å². The number of nitrogens with zero attached hydrogens (tertiary/aromatic N) is 1. The Bertz CT molecular complexity index is 1490. The number of unbranched alkanes of at least 4 members (excludes halogenated alkanes) is 1. The average molecular weight is 673 g/mol. The van der Waals surface area contributed by atoms with E-state index in [2.05, 4.69) is 11.3 Å². The van der Waals surface area contributed by atoms with E-state index < -0.39 is 40.9 Å². The number of allylic oxidation sites excluding steroid dienone is 3. The van der Waals surface area contributed by atoms with Gasteiger partial charge in [-0.25, -0.2) is 17.5 Å². The summed E-state index contributed by atoms with van der Waals surface area (Å²) in [5.41, 5.74) is 2.61. The molecule has 11 heteroatoms. The van der Waals surface area contributed by atoms with E-state index in [-0.39, 0.29) is 24.2 Å². The number of carbonyl (C=O) groups excluding carboxylic acids is 1. The summed E-state index contributed by atoms with van der Waals surface area (Å²) < 4.78 is 38.5. The van der Waals surface area contributed by atoms with Crippen LogP contribution >= 0.6 is 0 Å². The van der Waals surface area contributed by atoms with E-state index in [4.69, 9.17) is 0 Å². The molecule has 0 bridgehead atoms. The second kappa shape index (κ2) is 17.8. The molecule has 2 aromatic carbocycles. The maximum atomic E-state index is 13.6. The van der Waals surface area contributed by atoms with Gasteiger partial charge in [-0.15, -0.1) is 0 Å². The van der Waals surface area contributed by atoms with Crippen LogP contribution < -0.4 is 9.62 Å². The van der Waals surface area contributed by atoms with Crippen LogP contribution in [0.4, 0.5) is 10.1 Å². The summed E-state index contributed by atoms with van der Waals surface area (Å²) in [6.45, 7) is 5.60. The molecule has 1 aliphatic rings. The number of hydrogen-bond acceptors (Lipinski definition) is 7. The van der Waals surface area contributed by atoms with Crippen molar-refractivity contribution in [1.29, 1.82) is 0 Å². The van der Waals surface area contributed by atoms with Gasteiger partial charge in [0.15, 0.2) is 0 Å². The van der Waals surface area contributed by atoms with Crippen LogP contribution in [-0.4, -0.2) is 72.4 Å². The molecule has 0 saturated carbocycles. The Balaban J connectivity index is 1.71. The lowest BCUT2D eigenvalue weighted by atomic mass is 9.78. The molecule has 1 fully saturated rings. The molecule has 258 valence electrons. The molecule has 0 spiro atoms. The van der Waals surface area contributed by atoms with E-state index in [0.29, 0.717) is 44.2 Å². The van der Waals surface area contributed by atoms with Crippen molar-refractivity contribution in [2.24, 2.45) is 5.92 Å². The van der Waals surface area contributed by atoms with Crippen LogP contribution in [0, 0.1) is 11.7 Å². The van der Waals surface area contributed by atoms with Crippen molar-refractivity contribution < 1.29 is 38.0 Å². The topological polar surface area (TPSA) is 147 Å². The Hall–Kier alpha value is -3.19. The van der Waals surface area contributed by atoms with Crippen LogP contribution in [0.25, 0.3) is 0 Å². The first kappa shape index (κ1) is 38.3. The summed E-state index contributed by atoms with van der Waals surface area (Å²) in [5.74, 6) is -0.872. The van der Waals surface area contributed by atoms with Gasteiger partial charge in [-0.2, -0.15) is 0 Å². The standard InChI is InChI=1S/C36H49FN2O7S/c1-4-27(8-5-6-22-36(44,24-40)25-41)11-10-26(2)34-32(20-21-33(42)29-14-16-30(37)17-15-29)35(43)39(34)31-18-12-28(13-19-31)9-7-23-38-47(3,45)46/h4,10-19,32-34,38,40-42,44H,2,5-9,20-25H2,1,3H3/b11-10-,27-4-/t32-,33+,34-/m1/s1. The second-order valence-electron chi connectivity index (χ2n) is 12.4. The molecule has 0 unspecified atom stereocenters. The molecule has 1 aliphatic heterocycles. The minimum atomic E-state index is -3.24. The van der Waals surface area contributed by atoms with Crippen LogP contribution in [0.5, 0.6) is 0 Å². The van der Waals surface area contributed by atoms with E-state index in [1.54, 1.807) is 17.0 Å². The minimum absolute atomic E-state index is 0.0764. The molecule has 5 N–H and O–H groups in total. The SMILES string of the molecule is C=C(/C=C\C(=C/C)CCCCC(O)(CO)CO)[C@@H]1[C@@H](CC[C@H](O)c2ccc(F)cc2)C(=O)N1c1ccc(CCCNS(C)(=O)=O)cc1. The van der Waals surface area contributed by atoms with Gasteiger partial charge in [-0.1, -0.05) is 61.1 Å². The lowest BCUT2D eigenvalue weighted by Crippen LogP contribution is -2.61. The van der Waals surface area contributed by atoms with Crippen molar-refractivity contribution in [3.63, 3.8) is 0 Å². The van der Waals surface area contributed by atoms with Gasteiger partial charge in [0, 0.05) is 12.2 Å². The fourth-order valence-corrected chi connectivity index (χ4v) is 6.25. The number of rotatable bonds is 20. The third-order valence-corrected chi connectivity index (χ3v) is 9.38. The normalized spacial score (nSPS) is 18.1. The fraction of sp³-hybridized carbons (Fsp3) is 0.472. The maximum absolute atomic E-state index is 13.6. The van der Waals surface area contributed by atoms with Crippen molar-refractivity contribution in [1.82, 2.24) is 4.72 Å². The summed E-state index contributed by atoms with van der Waals surface area (Å²) in [7, 11) is -3.24. The molecular formula is C36H49FN2O7S. The number of aliphatic hydroxyl groups is 4. The number of β-lactam (4-membered cyclic amide) rings is 1. The zero-order valence-electron chi connectivity index (χ0n) is 27.3. The van der Waals surface area contributed by atoms with Crippen LogP contribution in [0.15, 0.2) is 84.5 Å². The van der Waals surface area contributed by atoms with Crippen molar-refractivity contribution in [3.05, 3.63) is 101 Å². The molecule has 0 radical (unpaired) electrons. The monoisotopic (exact) mass is 672 g/mol. The Morgan fingerprint density at radius 3 is 2.32 bits per heavy atom. The van der Waals surface area contributed by atoms with E-state index in [9.17, 15) is 38.0 Å². The number of anilines is 1. The second-order valence-corrected chi connectivity index (χ2v) is 14.2. The summed E-state index contributed by atoms with van der Waals surface area (Å²) in [5, 5.41) is 39.5. The highest BCUT2D eigenvalue weighted by Gasteiger charge is 2.48. The number of aryl methyl sites for hydroxylation is 1. The molecule has 9 nitrogen and oxygen atoms in total. The Morgan fingerprint density at radius 2 is 1.72 bits per heavy atom. The zero-order chi connectivity index (χ0) is 34.6. The summed E-state index contributed by atoms with van der Waals surface area (Å²) >= 11 is 0. The molecular weight excluding hydrogens is 623 g/mol. The predicted molar refractivity (Wildman–Crippen MR) is 183 cm³/mol. The van der Waals surface area contributed by atoms with Gasteiger partial charge in [0.2, 0.25) is 15.9 Å². The van der Waals surface area contributed by atoms with Gasteiger partial charge in [0.1, 0.15) is 11.4 Å². The Labute approximate surface area is 278 Å². The number of sulfonamides is 1. The van der Waals surface area contributed by atoms with E-state index >= 15 is 0 Å². The van der Waals surface area contributed by atoms with Gasteiger partial charge in [0.25, 0.3) is 0 Å². The molecule has 1 saturated heterocycles. The smallest absolute Gasteiger partial charge is 0.233 e. The Kier molecular flexibility index (Phi) is 14.5. The van der Waals surface area contributed by atoms with Gasteiger partial charge in [0.05, 0.1) is 37.5 Å². The van der Waals surface area contributed by atoms with Gasteiger partial charge >= 0.3 is 0 Å². The van der Waals surface area contributed by atoms with Crippen LogP contribution in [0.3, 0.4) is 0 Å². The van der Waals surface area contributed by atoms with Gasteiger partial charge < -0.3 is 25.3 Å². The zero-order valence-corrected chi connectivity index (χ0v) is 28.1. The highest BCUT2D eigenvalue weighted by molar-refractivity contribution is 7.88. The van der Waals surface area contributed by atoms with E-state index in [0.717, 1.165) is 41.5 Å². The maximum Gasteiger partial charge on any atom is 0.233 e. The van der Waals surface area contributed by atoms with Gasteiger partial charge in [-0.05, 0) is 92.8 Å². The number of aliphatic hydroxyl groups excluding tert-OH is 3. The number of nitrogens with one attached hydrogen (secondary N) is 1.